The van der Waals surface area contributed by atoms with Crippen molar-refractivity contribution in [2.45, 2.75) is 13.8 Å². The maximum absolute atomic E-state index is 8.12. The van der Waals surface area contributed by atoms with Crippen molar-refractivity contribution in [2.75, 3.05) is 0 Å². The van der Waals surface area contributed by atoms with E-state index < -0.39 is 0 Å². The van der Waals surface area contributed by atoms with Gasteiger partial charge in [-0.2, -0.15) is 0 Å². The molecule has 0 aromatic heterocycles. The Balaban J connectivity index is 3.81. The molecule has 2 N–H and O–H groups in total. The smallest absolute Gasteiger partial charge is 0.0470 e. The molecule has 0 aliphatic rings. The highest BCUT2D eigenvalue weighted by molar-refractivity contribution is 5.69. The van der Waals surface area contributed by atoms with E-state index in [4.69, 9.17) is 10.4 Å². The standard InChI is InChI=1S/C6H12N2O2/c1-5(3-7-9)6(2)4-8-10/h3-6,9-10H,1-2H3/b7-3+,8-4+. The summed E-state index contributed by atoms with van der Waals surface area (Å²) in [6.07, 6.45) is 2.79. The molecule has 4 heteroatoms. The van der Waals surface area contributed by atoms with E-state index in [2.05, 4.69) is 10.3 Å². The molecule has 2 atom stereocenters. The first-order valence-electron chi connectivity index (χ1n) is 3.07. The summed E-state index contributed by atoms with van der Waals surface area (Å²) in [7, 11) is 0. The first-order chi connectivity index (χ1) is 4.72. The van der Waals surface area contributed by atoms with Gasteiger partial charge in [0.05, 0.1) is 0 Å². The van der Waals surface area contributed by atoms with Crippen LogP contribution in [0.2, 0.25) is 0 Å². The van der Waals surface area contributed by atoms with Crippen LogP contribution >= 0.6 is 0 Å². The molecule has 4 nitrogen and oxygen atoms in total. The molecule has 2 unspecified atom stereocenters. The van der Waals surface area contributed by atoms with Gasteiger partial charge in [-0.3, -0.25) is 0 Å². The van der Waals surface area contributed by atoms with Gasteiger partial charge in [-0.25, -0.2) is 0 Å². The zero-order valence-corrected chi connectivity index (χ0v) is 6.10. The van der Waals surface area contributed by atoms with Gasteiger partial charge >= 0.3 is 0 Å². The summed E-state index contributed by atoms with van der Waals surface area (Å²) in [6, 6.07) is 0. The maximum atomic E-state index is 8.12. The molecule has 0 aromatic carbocycles. The second kappa shape index (κ2) is 4.78. The van der Waals surface area contributed by atoms with Crippen LogP contribution in [0.5, 0.6) is 0 Å². The summed E-state index contributed by atoms with van der Waals surface area (Å²) in [4.78, 5) is 0. The average Bonchev–Trinajstić information content (AvgIpc) is 1.89. The Bertz CT molecular complexity index is 118. The van der Waals surface area contributed by atoms with E-state index in [1.54, 1.807) is 0 Å². The van der Waals surface area contributed by atoms with Crippen LogP contribution < -0.4 is 0 Å². The van der Waals surface area contributed by atoms with E-state index in [0.717, 1.165) is 0 Å². The third kappa shape index (κ3) is 3.06. The molecule has 0 amide bonds. The minimum atomic E-state index is 0.0842. The van der Waals surface area contributed by atoms with E-state index >= 15 is 0 Å². The summed E-state index contributed by atoms with van der Waals surface area (Å²) in [5, 5.41) is 22.0. The van der Waals surface area contributed by atoms with E-state index in [-0.39, 0.29) is 11.8 Å². The first-order valence-corrected chi connectivity index (χ1v) is 3.07. The van der Waals surface area contributed by atoms with E-state index in [9.17, 15) is 0 Å². The fourth-order valence-corrected chi connectivity index (χ4v) is 0.482. The zero-order chi connectivity index (χ0) is 7.98. The first kappa shape index (κ1) is 8.94. The van der Waals surface area contributed by atoms with Gasteiger partial charge in [0.1, 0.15) is 0 Å². The second-order valence-electron chi connectivity index (χ2n) is 2.25. The van der Waals surface area contributed by atoms with E-state index in [1.165, 1.54) is 12.4 Å². The van der Waals surface area contributed by atoms with Gasteiger partial charge in [0.15, 0.2) is 0 Å². The van der Waals surface area contributed by atoms with Crippen LogP contribution in [0.15, 0.2) is 10.3 Å². The topological polar surface area (TPSA) is 65.2 Å². The average molecular weight is 144 g/mol. The van der Waals surface area contributed by atoms with Crippen LogP contribution in [0, 0.1) is 11.8 Å². The number of hydrogen-bond acceptors (Lipinski definition) is 4. The van der Waals surface area contributed by atoms with Crippen molar-refractivity contribution < 1.29 is 10.4 Å². The van der Waals surface area contributed by atoms with E-state index in [1.807, 2.05) is 13.8 Å². The normalized spacial score (nSPS) is 18.2. The largest absolute Gasteiger partial charge is 0.411 e. The fourth-order valence-electron chi connectivity index (χ4n) is 0.482. The van der Waals surface area contributed by atoms with Gasteiger partial charge in [-0.1, -0.05) is 13.8 Å². The Morgan fingerprint density at radius 3 is 1.50 bits per heavy atom. The molecule has 0 heterocycles. The van der Waals surface area contributed by atoms with Crippen molar-refractivity contribution in [3.8, 4) is 0 Å². The van der Waals surface area contributed by atoms with Crippen LogP contribution in [-0.4, -0.2) is 22.8 Å². The van der Waals surface area contributed by atoms with Crippen molar-refractivity contribution >= 4 is 12.4 Å². The second-order valence-corrected chi connectivity index (χ2v) is 2.25. The summed E-state index contributed by atoms with van der Waals surface area (Å²) in [5.74, 6) is 0.168. The molecule has 0 fully saturated rings. The number of rotatable bonds is 3. The molecule has 0 saturated carbocycles. The Morgan fingerprint density at radius 1 is 1.00 bits per heavy atom. The lowest BCUT2D eigenvalue weighted by molar-refractivity contribution is 0.313. The Kier molecular flexibility index (Phi) is 4.28. The van der Waals surface area contributed by atoms with Gasteiger partial charge < -0.3 is 10.4 Å². The molecule has 0 aromatic rings. The Labute approximate surface area is 59.9 Å². The monoisotopic (exact) mass is 144 g/mol. The highest BCUT2D eigenvalue weighted by atomic mass is 16.4. The third-order valence-electron chi connectivity index (χ3n) is 1.43. The van der Waals surface area contributed by atoms with Crippen LogP contribution in [0.4, 0.5) is 0 Å². The van der Waals surface area contributed by atoms with Crippen molar-refractivity contribution in [1.82, 2.24) is 0 Å². The van der Waals surface area contributed by atoms with Gasteiger partial charge in [-0.05, 0) is 0 Å². The lowest BCUT2D eigenvalue weighted by Crippen LogP contribution is -2.10. The predicted molar refractivity (Wildman–Crippen MR) is 38.9 cm³/mol. The van der Waals surface area contributed by atoms with Gasteiger partial charge in [-0.15, -0.1) is 10.3 Å². The quantitative estimate of drug-likeness (QED) is 0.355. The highest BCUT2D eigenvalue weighted by Gasteiger charge is 2.06. The fraction of sp³-hybridized carbons (Fsp3) is 0.667. The van der Waals surface area contributed by atoms with Crippen molar-refractivity contribution in [3.63, 3.8) is 0 Å². The number of oxime groups is 2. The Morgan fingerprint density at radius 2 is 1.30 bits per heavy atom. The van der Waals surface area contributed by atoms with E-state index in [0.29, 0.717) is 0 Å². The molecular weight excluding hydrogens is 132 g/mol. The number of hydrogen-bond donors (Lipinski definition) is 2. The van der Waals surface area contributed by atoms with Crippen LogP contribution in [0.1, 0.15) is 13.8 Å². The van der Waals surface area contributed by atoms with Gasteiger partial charge in [0, 0.05) is 24.3 Å². The summed E-state index contributed by atoms with van der Waals surface area (Å²) in [5.41, 5.74) is 0. The third-order valence-corrected chi connectivity index (χ3v) is 1.43. The SMILES string of the molecule is CC(/C=N/O)C(C)/C=N/O. The van der Waals surface area contributed by atoms with Crippen molar-refractivity contribution in [2.24, 2.45) is 22.1 Å². The molecule has 0 saturated heterocycles. The van der Waals surface area contributed by atoms with Gasteiger partial charge in [0.2, 0.25) is 0 Å². The number of nitrogens with zero attached hydrogens (tertiary/aromatic N) is 2. The maximum Gasteiger partial charge on any atom is 0.0470 e. The summed E-state index contributed by atoms with van der Waals surface area (Å²) < 4.78 is 0. The predicted octanol–water partition coefficient (Wildman–Crippen LogP) is 1.18. The van der Waals surface area contributed by atoms with Crippen LogP contribution in [-0.2, 0) is 0 Å². The van der Waals surface area contributed by atoms with Gasteiger partial charge in [0.25, 0.3) is 0 Å². The lowest BCUT2D eigenvalue weighted by atomic mass is 9.99. The zero-order valence-electron chi connectivity index (χ0n) is 6.10. The molecule has 0 aliphatic carbocycles. The van der Waals surface area contributed by atoms with Crippen molar-refractivity contribution in [1.29, 1.82) is 0 Å². The Hall–Kier alpha value is -1.06. The molecule has 58 valence electrons. The molecule has 0 radical (unpaired) electrons. The molecule has 0 bridgehead atoms. The minimum absolute atomic E-state index is 0.0842. The summed E-state index contributed by atoms with van der Waals surface area (Å²) >= 11 is 0. The highest BCUT2D eigenvalue weighted by Crippen LogP contribution is 2.04. The lowest BCUT2D eigenvalue weighted by Gasteiger charge is -2.07. The minimum Gasteiger partial charge on any atom is -0.411 e. The molecule has 0 rings (SSSR count). The van der Waals surface area contributed by atoms with Crippen LogP contribution in [0.25, 0.3) is 0 Å². The molecule has 10 heavy (non-hydrogen) atoms. The molecule has 0 aliphatic heterocycles. The van der Waals surface area contributed by atoms with Crippen molar-refractivity contribution in [3.05, 3.63) is 0 Å². The van der Waals surface area contributed by atoms with Crippen LogP contribution in [0.3, 0.4) is 0 Å². The summed E-state index contributed by atoms with van der Waals surface area (Å²) in [6.45, 7) is 3.73. The molecular formula is C6H12N2O2. The molecule has 0 spiro atoms.